The van der Waals surface area contributed by atoms with Crippen LogP contribution < -0.4 is 5.73 Å². The summed E-state index contributed by atoms with van der Waals surface area (Å²) in [4.78, 5) is 4.67. The molecule has 0 aromatic carbocycles. The zero-order chi connectivity index (χ0) is 10.4. The Morgan fingerprint density at radius 2 is 2.36 bits per heavy atom. The number of likely N-dealkylation sites (N-methyl/N-ethyl adjacent to an activating group) is 2. The van der Waals surface area contributed by atoms with E-state index in [1.807, 2.05) is 0 Å². The number of nitrogens with zero attached hydrogens (tertiary/aromatic N) is 2. The third kappa shape index (κ3) is 3.92. The molecule has 0 saturated carbocycles. The second-order valence-electron chi connectivity index (χ2n) is 3.94. The lowest BCUT2D eigenvalue weighted by Crippen LogP contribution is -2.47. The molecule has 1 rings (SSSR count). The summed E-state index contributed by atoms with van der Waals surface area (Å²) in [6.45, 7) is 9.00. The molecule has 1 fully saturated rings. The van der Waals surface area contributed by atoms with E-state index < -0.39 is 0 Å². The van der Waals surface area contributed by atoms with Gasteiger partial charge in [0.15, 0.2) is 0 Å². The molecule has 0 amide bonds. The molecule has 0 aromatic heterocycles. The van der Waals surface area contributed by atoms with Crippen LogP contribution in [0.3, 0.4) is 0 Å². The molecule has 1 atom stereocenters. The molecule has 14 heavy (non-hydrogen) atoms. The molecule has 1 saturated heterocycles. The normalized spacial score (nSPS) is 24.4. The van der Waals surface area contributed by atoms with E-state index in [4.69, 9.17) is 10.5 Å². The highest BCUT2D eigenvalue weighted by atomic mass is 16.5. The number of hydrogen-bond donors (Lipinski definition) is 1. The average molecular weight is 201 g/mol. The fraction of sp³-hybridized carbons (Fsp3) is 1.00. The Balaban J connectivity index is 2.22. The Labute approximate surface area is 87.0 Å². The summed E-state index contributed by atoms with van der Waals surface area (Å²) in [5.74, 6) is 0. The van der Waals surface area contributed by atoms with E-state index in [-0.39, 0.29) is 0 Å². The molecule has 1 heterocycles. The highest BCUT2D eigenvalue weighted by Gasteiger charge is 2.19. The molecule has 0 aliphatic carbocycles. The van der Waals surface area contributed by atoms with Gasteiger partial charge in [-0.05, 0) is 13.6 Å². The maximum absolute atomic E-state index is 5.70. The topological polar surface area (TPSA) is 41.7 Å². The Morgan fingerprint density at radius 1 is 1.57 bits per heavy atom. The molecular formula is C10H23N3O. The van der Waals surface area contributed by atoms with Crippen LogP contribution in [-0.4, -0.2) is 68.8 Å². The number of morpholine rings is 1. The second kappa shape index (κ2) is 6.35. The van der Waals surface area contributed by atoms with Crippen molar-refractivity contribution < 1.29 is 4.74 Å². The molecular weight excluding hydrogens is 178 g/mol. The van der Waals surface area contributed by atoms with E-state index in [1.54, 1.807) is 0 Å². The fourth-order valence-corrected chi connectivity index (χ4v) is 1.84. The van der Waals surface area contributed by atoms with Crippen molar-refractivity contribution in [2.75, 3.05) is 52.9 Å². The van der Waals surface area contributed by atoms with Gasteiger partial charge in [0.2, 0.25) is 0 Å². The second-order valence-corrected chi connectivity index (χ2v) is 3.94. The van der Waals surface area contributed by atoms with Gasteiger partial charge in [0, 0.05) is 32.7 Å². The molecule has 4 heteroatoms. The van der Waals surface area contributed by atoms with Gasteiger partial charge in [-0.3, -0.25) is 4.90 Å². The van der Waals surface area contributed by atoms with Crippen LogP contribution in [0.1, 0.15) is 6.92 Å². The Morgan fingerprint density at radius 3 is 3.00 bits per heavy atom. The van der Waals surface area contributed by atoms with Crippen LogP contribution in [0, 0.1) is 0 Å². The first-order valence-corrected chi connectivity index (χ1v) is 5.48. The van der Waals surface area contributed by atoms with E-state index in [2.05, 4.69) is 23.8 Å². The number of hydrogen-bond acceptors (Lipinski definition) is 4. The highest BCUT2D eigenvalue weighted by molar-refractivity contribution is 4.73. The molecule has 1 aliphatic heterocycles. The monoisotopic (exact) mass is 201 g/mol. The first kappa shape index (κ1) is 11.9. The molecule has 2 N–H and O–H groups in total. The summed E-state index contributed by atoms with van der Waals surface area (Å²) in [5, 5.41) is 0. The zero-order valence-corrected chi connectivity index (χ0v) is 9.41. The van der Waals surface area contributed by atoms with Gasteiger partial charge in [-0.15, -0.1) is 0 Å². The number of rotatable bonds is 5. The predicted molar refractivity (Wildman–Crippen MR) is 58.4 cm³/mol. The number of nitrogens with two attached hydrogens (primary N) is 1. The molecule has 0 aromatic rings. The Kier molecular flexibility index (Phi) is 5.40. The summed E-state index contributed by atoms with van der Waals surface area (Å²) < 4.78 is 5.70. The molecule has 0 radical (unpaired) electrons. The van der Waals surface area contributed by atoms with Crippen LogP contribution in [0.15, 0.2) is 0 Å². The lowest BCUT2D eigenvalue weighted by molar-refractivity contribution is -0.0385. The van der Waals surface area contributed by atoms with E-state index >= 15 is 0 Å². The molecule has 1 unspecified atom stereocenters. The number of ether oxygens (including phenoxy) is 1. The lowest BCUT2D eigenvalue weighted by atomic mass is 10.2. The first-order valence-electron chi connectivity index (χ1n) is 5.48. The van der Waals surface area contributed by atoms with Crippen molar-refractivity contribution in [3.05, 3.63) is 0 Å². The Bertz CT molecular complexity index is 154. The zero-order valence-electron chi connectivity index (χ0n) is 9.41. The average Bonchev–Trinajstić information content (AvgIpc) is 2.18. The maximum Gasteiger partial charge on any atom is 0.0829 e. The van der Waals surface area contributed by atoms with Gasteiger partial charge >= 0.3 is 0 Å². The van der Waals surface area contributed by atoms with Crippen LogP contribution in [0.4, 0.5) is 0 Å². The van der Waals surface area contributed by atoms with Gasteiger partial charge in [-0.2, -0.15) is 0 Å². The highest BCUT2D eigenvalue weighted by Crippen LogP contribution is 2.05. The van der Waals surface area contributed by atoms with Crippen LogP contribution in [0.2, 0.25) is 0 Å². The van der Waals surface area contributed by atoms with Crippen molar-refractivity contribution in [1.29, 1.82) is 0 Å². The predicted octanol–water partition coefficient (Wildman–Crippen LogP) is -0.402. The van der Waals surface area contributed by atoms with Crippen molar-refractivity contribution in [2.24, 2.45) is 5.73 Å². The van der Waals surface area contributed by atoms with Crippen LogP contribution in [0.25, 0.3) is 0 Å². The standard InChI is InChI=1S/C10H23N3O/c1-3-13-6-7-14-10(9-13)8-12(2)5-4-11/h10H,3-9,11H2,1-2H3. The summed E-state index contributed by atoms with van der Waals surface area (Å²) in [6, 6.07) is 0. The minimum Gasteiger partial charge on any atom is -0.374 e. The summed E-state index contributed by atoms with van der Waals surface area (Å²) in [6.07, 6.45) is 0.361. The lowest BCUT2D eigenvalue weighted by Gasteiger charge is -2.34. The van der Waals surface area contributed by atoms with E-state index in [9.17, 15) is 0 Å². The summed E-state index contributed by atoms with van der Waals surface area (Å²) in [7, 11) is 2.10. The summed E-state index contributed by atoms with van der Waals surface area (Å²) >= 11 is 0. The maximum atomic E-state index is 5.70. The van der Waals surface area contributed by atoms with Gasteiger partial charge in [0.05, 0.1) is 12.7 Å². The molecule has 84 valence electrons. The fourth-order valence-electron chi connectivity index (χ4n) is 1.84. The Hall–Kier alpha value is -0.160. The van der Waals surface area contributed by atoms with Crippen molar-refractivity contribution in [3.63, 3.8) is 0 Å². The smallest absolute Gasteiger partial charge is 0.0829 e. The molecule has 0 spiro atoms. The van der Waals surface area contributed by atoms with Gasteiger partial charge in [0.1, 0.15) is 0 Å². The molecule has 1 aliphatic rings. The van der Waals surface area contributed by atoms with Crippen molar-refractivity contribution in [2.45, 2.75) is 13.0 Å². The van der Waals surface area contributed by atoms with Gasteiger partial charge in [-0.25, -0.2) is 0 Å². The van der Waals surface area contributed by atoms with Gasteiger partial charge < -0.3 is 15.4 Å². The van der Waals surface area contributed by atoms with E-state index in [1.165, 1.54) is 0 Å². The summed E-state index contributed by atoms with van der Waals surface area (Å²) in [5.41, 5.74) is 5.50. The minimum absolute atomic E-state index is 0.361. The van der Waals surface area contributed by atoms with Gasteiger partial charge in [0.25, 0.3) is 0 Å². The minimum atomic E-state index is 0.361. The van der Waals surface area contributed by atoms with E-state index in [0.717, 1.165) is 45.9 Å². The first-order chi connectivity index (χ1) is 6.76. The van der Waals surface area contributed by atoms with Crippen LogP contribution in [0.5, 0.6) is 0 Å². The molecule has 0 bridgehead atoms. The van der Waals surface area contributed by atoms with Crippen molar-refractivity contribution in [3.8, 4) is 0 Å². The van der Waals surface area contributed by atoms with Crippen molar-refractivity contribution >= 4 is 0 Å². The SMILES string of the molecule is CCN1CCOC(CN(C)CCN)C1. The van der Waals surface area contributed by atoms with Crippen LogP contribution in [-0.2, 0) is 4.74 Å². The van der Waals surface area contributed by atoms with Gasteiger partial charge in [-0.1, -0.05) is 6.92 Å². The quantitative estimate of drug-likeness (QED) is 0.657. The van der Waals surface area contributed by atoms with E-state index in [0.29, 0.717) is 6.10 Å². The molecule has 4 nitrogen and oxygen atoms in total. The largest absolute Gasteiger partial charge is 0.374 e. The third-order valence-electron chi connectivity index (χ3n) is 2.70. The van der Waals surface area contributed by atoms with Crippen LogP contribution >= 0.6 is 0 Å². The third-order valence-corrected chi connectivity index (χ3v) is 2.70. The van der Waals surface area contributed by atoms with Crippen molar-refractivity contribution in [1.82, 2.24) is 9.80 Å².